The van der Waals surface area contributed by atoms with Crippen LogP contribution in [0.3, 0.4) is 0 Å². The number of benzene rings is 2. The van der Waals surface area contributed by atoms with E-state index in [0.717, 1.165) is 11.3 Å². The van der Waals surface area contributed by atoms with Gasteiger partial charge in [0.05, 0.1) is 17.8 Å². The normalized spacial score (nSPS) is 19.1. The number of fused-ring (bicyclic) bond motifs is 1. The highest BCUT2D eigenvalue weighted by Crippen LogP contribution is 2.41. The third-order valence-corrected chi connectivity index (χ3v) is 6.59. The van der Waals surface area contributed by atoms with Crippen LogP contribution in [-0.2, 0) is 5.60 Å². The van der Waals surface area contributed by atoms with Crippen molar-refractivity contribution in [3.05, 3.63) is 90.6 Å². The Hall–Kier alpha value is -4.21. The highest BCUT2D eigenvalue weighted by atomic mass is 19.3. The molecule has 0 aliphatic carbocycles. The van der Waals surface area contributed by atoms with Gasteiger partial charge < -0.3 is 16.2 Å². The summed E-state index contributed by atoms with van der Waals surface area (Å²) in [6.07, 6.45) is 1.60. The molecule has 0 saturated carbocycles. The maximum absolute atomic E-state index is 14.4. The van der Waals surface area contributed by atoms with Crippen LogP contribution in [0.25, 0.3) is 39.5 Å². The molecule has 6 rings (SSSR count). The Bertz CT molecular complexity index is 1570. The number of imidazole rings is 1. The van der Waals surface area contributed by atoms with E-state index in [1.165, 1.54) is 12.1 Å². The van der Waals surface area contributed by atoms with Crippen LogP contribution < -0.4 is 11.1 Å². The third-order valence-electron chi connectivity index (χ3n) is 6.59. The standard InChI is InChI=1S/C27H22F2N6O/c28-27(29)16-31-15-26(27,36)18-8-10-19(11-9-18)35-24(20-7-4-14-32-23(20)30)34-22-13-12-21(33-25(22)35)17-5-2-1-3-6-17/h1-14,31,36H,15-16H2,(H2,30,32). The molecule has 7 nitrogen and oxygen atoms in total. The number of hydrogen-bond acceptors (Lipinski definition) is 6. The van der Waals surface area contributed by atoms with Crippen molar-refractivity contribution in [2.24, 2.45) is 0 Å². The lowest BCUT2D eigenvalue weighted by Crippen LogP contribution is -2.44. The first-order valence-electron chi connectivity index (χ1n) is 11.4. The smallest absolute Gasteiger partial charge is 0.293 e. The molecule has 1 saturated heterocycles. The average Bonchev–Trinajstić information content (AvgIpc) is 3.41. The molecule has 180 valence electrons. The highest BCUT2D eigenvalue weighted by molar-refractivity contribution is 5.84. The van der Waals surface area contributed by atoms with Gasteiger partial charge in [-0.05, 0) is 42.0 Å². The van der Waals surface area contributed by atoms with Crippen molar-refractivity contribution in [3.8, 4) is 28.3 Å². The molecular formula is C27H22F2N6O. The van der Waals surface area contributed by atoms with Gasteiger partial charge in [-0.2, -0.15) is 0 Å². The minimum absolute atomic E-state index is 0.131. The monoisotopic (exact) mass is 484 g/mol. The molecule has 1 unspecified atom stereocenters. The molecule has 4 heterocycles. The van der Waals surface area contributed by atoms with E-state index < -0.39 is 18.1 Å². The molecule has 0 amide bonds. The van der Waals surface area contributed by atoms with E-state index in [9.17, 15) is 13.9 Å². The van der Waals surface area contributed by atoms with E-state index in [1.807, 2.05) is 53.1 Å². The summed E-state index contributed by atoms with van der Waals surface area (Å²) in [7, 11) is 0. The first-order chi connectivity index (χ1) is 17.4. The molecule has 2 aromatic carbocycles. The van der Waals surface area contributed by atoms with Gasteiger partial charge in [0.2, 0.25) is 0 Å². The van der Waals surface area contributed by atoms with Gasteiger partial charge in [0.25, 0.3) is 5.92 Å². The maximum atomic E-state index is 14.4. The van der Waals surface area contributed by atoms with Gasteiger partial charge in [0.1, 0.15) is 11.3 Å². The average molecular weight is 485 g/mol. The topological polar surface area (TPSA) is 102 Å². The molecule has 1 aliphatic rings. The lowest BCUT2D eigenvalue weighted by atomic mass is 9.90. The molecule has 1 fully saturated rings. The molecule has 1 aliphatic heterocycles. The molecule has 5 aromatic rings. The summed E-state index contributed by atoms with van der Waals surface area (Å²) in [5.41, 5.74) is 8.22. The number of β-amino-alcohol motifs (C(OH)–C–C–N with tert-alkyl or cyclic N) is 1. The summed E-state index contributed by atoms with van der Waals surface area (Å²) < 4.78 is 30.7. The van der Waals surface area contributed by atoms with Crippen molar-refractivity contribution in [2.45, 2.75) is 11.5 Å². The lowest BCUT2D eigenvalue weighted by Gasteiger charge is -2.29. The summed E-state index contributed by atoms with van der Waals surface area (Å²) in [6, 6.07) is 23.5. The van der Waals surface area contributed by atoms with Crippen LogP contribution in [-0.4, -0.2) is 43.6 Å². The van der Waals surface area contributed by atoms with Crippen LogP contribution >= 0.6 is 0 Å². The minimum atomic E-state index is -3.28. The second-order valence-electron chi connectivity index (χ2n) is 8.83. The van der Waals surface area contributed by atoms with Crippen LogP contribution in [0.2, 0.25) is 0 Å². The number of halogens is 2. The summed E-state index contributed by atoms with van der Waals surface area (Å²) in [5.74, 6) is -2.45. The van der Waals surface area contributed by atoms with Crippen LogP contribution in [0.5, 0.6) is 0 Å². The van der Waals surface area contributed by atoms with Crippen molar-refractivity contribution in [1.82, 2.24) is 24.8 Å². The van der Waals surface area contributed by atoms with Gasteiger partial charge in [-0.1, -0.05) is 42.5 Å². The number of rotatable bonds is 4. The van der Waals surface area contributed by atoms with Gasteiger partial charge in [0.15, 0.2) is 17.1 Å². The number of pyridine rings is 2. The van der Waals surface area contributed by atoms with E-state index in [0.29, 0.717) is 34.1 Å². The van der Waals surface area contributed by atoms with Crippen molar-refractivity contribution in [3.63, 3.8) is 0 Å². The Morgan fingerprint density at radius 2 is 1.67 bits per heavy atom. The third kappa shape index (κ3) is 3.43. The fourth-order valence-electron chi connectivity index (χ4n) is 4.63. The number of alkyl halides is 2. The Labute approximate surface area is 205 Å². The number of hydrogen-bond donors (Lipinski definition) is 3. The molecule has 0 spiro atoms. The number of nitrogens with two attached hydrogens (primary N) is 1. The van der Waals surface area contributed by atoms with Crippen molar-refractivity contribution in [1.29, 1.82) is 0 Å². The molecule has 4 N–H and O–H groups in total. The Balaban J connectivity index is 1.55. The summed E-state index contributed by atoms with van der Waals surface area (Å²) in [4.78, 5) is 13.9. The van der Waals surface area contributed by atoms with Gasteiger partial charge in [-0.15, -0.1) is 0 Å². The van der Waals surface area contributed by atoms with E-state index in [4.69, 9.17) is 15.7 Å². The van der Waals surface area contributed by atoms with Crippen molar-refractivity contribution < 1.29 is 13.9 Å². The van der Waals surface area contributed by atoms with E-state index in [-0.39, 0.29) is 12.1 Å². The summed E-state index contributed by atoms with van der Waals surface area (Å²) >= 11 is 0. The van der Waals surface area contributed by atoms with Crippen molar-refractivity contribution in [2.75, 3.05) is 18.8 Å². The Kier molecular flexibility index (Phi) is 5.06. The number of nitrogens with one attached hydrogen (secondary N) is 1. The highest BCUT2D eigenvalue weighted by Gasteiger charge is 2.57. The van der Waals surface area contributed by atoms with Crippen molar-refractivity contribution >= 4 is 17.0 Å². The number of aromatic nitrogens is 4. The first-order valence-corrected chi connectivity index (χ1v) is 11.4. The van der Waals surface area contributed by atoms with Crippen LogP contribution in [0.1, 0.15) is 5.56 Å². The molecule has 3 aromatic heterocycles. The van der Waals surface area contributed by atoms with Gasteiger partial charge >= 0.3 is 0 Å². The predicted octanol–water partition coefficient (Wildman–Crippen LogP) is 4.16. The SMILES string of the molecule is Nc1ncccc1-c1nc2ccc(-c3ccccc3)nc2n1-c1ccc(C2(O)CNCC2(F)F)cc1. The largest absolute Gasteiger partial charge is 0.383 e. The molecular weight excluding hydrogens is 462 g/mol. The maximum Gasteiger partial charge on any atom is 0.293 e. The van der Waals surface area contributed by atoms with Gasteiger partial charge in [0, 0.05) is 24.0 Å². The molecule has 0 radical (unpaired) electrons. The zero-order chi connectivity index (χ0) is 24.9. The summed E-state index contributed by atoms with van der Waals surface area (Å²) in [5, 5.41) is 13.3. The molecule has 1 atom stereocenters. The molecule has 36 heavy (non-hydrogen) atoms. The number of nitrogen functional groups attached to an aromatic ring is 1. The lowest BCUT2D eigenvalue weighted by molar-refractivity contribution is -0.151. The second-order valence-corrected chi connectivity index (χ2v) is 8.83. The van der Waals surface area contributed by atoms with Gasteiger partial charge in [-0.3, -0.25) is 4.57 Å². The van der Waals surface area contributed by atoms with Crippen LogP contribution in [0, 0.1) is 0 Å². The van der Waals surface area contributed by atoms with E-state index in [2.05, 4.69) is 10.3 Å². The molecule has 0 bridgehead atoms. The van der Waals surface area contributed by atoms with E-state index >= 15 is 0 Å². The van der Waals surface area contributed by atoms with Crippen LogP contribution in [0.15, 0.2) is 85.1 Å². The number of aliphatic hydroxyl groups is 1. The summed E-state index contributed by atoms with van der Waals surface area (Å²) in [6.45, 7) is -0.805. The van der Waals surface area contributed by atoms with E-state index in [1.54, 1.807) is 24.4 Å². The quantitative estimate of drug-likeness (QED) is 0.354. The first kappa shape index (κ1) is 22.3. The minimum Gasteiger partial charge on any atom is -0.383 e. The fraction of sp³-hybridized carbons (Fsp3) is 0.148. The predicted molar refractivity (Wildman–Crippen MR) is 134 cm³/mol. The Morgan fingerprint density at radius 3 is 2.36 bits per heavy atom. The van der Waals surface area contributed by atoms with Crippen LogP contribution in [0.4, 0.5) is 14.6 Å². The second kappa shape index (κ2) is 8.18. The zero-order valence-corrected chi connectivity index (χ0v) is 19.1. The zero-order valence-electron chi connectivity index (χ0n) is 19.1. The Morgan fingerprint density at radius 1 is 0.889 bits per heavy atom. The fourth-order valence-corrected chi connectivity index (χ4v) is 4.63. The molecule has 9 heteroatoms. The number of anilines is 1. The van der Waals surface area contributed by atoms with Gasteiger partial charge in [-0.25, -0.2) is 23.7 Å². The number of nitrogens with zero attached hydrogens (tertiary/aromatic N) is 4.